The number of aromatic hydroxyl groups is 1. The number of carbonyl (C=O) groups is 2. The lowest BCUT2D eigenvalue weighted by atomic mass is 10.1. The summed E-state index contributed by atoms with van der Waals surface area (Å²) in [5.74, 6) is -0.188. The molecule has 7 nitrogen and oxygen atoms in total. The molecule has 0 spiro atoms. The van der Waals surface area contributed by atoms with Crippen LogP contribution in [0.5, 0.6) is 17.2 Å². The van der Waals surface area contributed by atoms with Gasteiger partial charge >= 0.3 is 11.9 Å². The van der Waals surface area contributed by atoms with E-state index in [-0.39, 0.29) is 12.4 Å². The number of hydrogen-bond acceptors (Lipinski definition) is 6. The topological polar surface area (TPSA) is 88.1 Å². The molecule has 0 unspecified atom stereocenters. The number of aryl methyl sites for hydroxylation is 3. The standard InChI is InChI=1S/C34H44N2O5/c1-5-7-8-12-19-36(20-13-16-27-14-10-9-11-15-27)24-28-23-30(17-18-31(28)37)41-32-25(3)21-29(22-26(32)4)35-33(38)34(39)40-6-2/h9-11,14-15,17-18,21-23,37H,5-8,12-13,16,19-20,24H2,1-4H3,(H,35,38). The second kappa shape index (κ2) is 16.4. The first-order valence-electron chi connectivity index (χ1n) is 14.7. The Hall–Kier alpha value is -3.84. The average molecular weight is 561 g/mol. The summed E-state index contributed by atoms with van der Waals surface area (Å²) in [5.41, 5.74) is 4.26. The van der Waals surface area contributed by atoms with Crippen molar-refractivity contribution in [1.82, 2.24) is 4.90 Å². The number of rotatable bonds is 15. The van der Waals surface area contributed by atoms with Gasteiger partial charge in [0.1, 0.15) is 17.2 Å². The van der Waals surface area contributed by atoms with E-state index in [1.807, 2.05) is 26.0 Å². The Morgan fingerprint density at radius 1 is 0.878 bits per heavy atom. The largest absolute Gasteiger partial charge is 0.508 e. The molecule has 0 saturated heterocycles. The number of carbonyl (C=O) groups excluding carboxylic acids is 2. The summed E-state index contributed by atoms with van der Waals surface area (Å²) < 4.78 is 11.0. The normalized spacial score (nSPS) is 11.0. The Morgan fingerprint density at radius 2 is 1.59 bits per heavy atom. The minimum absolute atomic E-state index is 0.135. The van der Waals surface area contributed by atoms with Gasteiger partial charge in [0.2, 0.25) is 0 Å². The Balaban J connectivity index is 1.70. The van der Waals surface area contributed by atoms with Crippen molar-refractivity contribution in [2.45, 2.75) is 72.8 Å². The maximum atomic E-state index is 12.1. The van der Waals surface area contributed by atoms with Crippen LogP contribution in [0.3, 0.4) is 0 Å². The molecule has 0 aromatic heterocycles. The Morgan fingerprint density at radius 3 is 2.27 bits per heavy atom. The van der Waals surface area contributed by atoms with Crippen LogP contribution in [0.25, 0.3) is 0 Å². The van der Waals surface area contributed by atoms with Crippen molar-refractivity contribution in [2.75, 3.05) is 25.0 Å². The predicted octanol–water partition coefficient (Wildman–Crippen LogP) is 7.32. The molecule has 0 aliphatic heterocycles. The van der Waals surface area contributed by atoms with Gasteiger partial charge < -0.3 is 19.9 Å². The molecule has 0 atom stereocenters. The van der Waals surface area contributed by atoms with Crippen LogP contribution in [-0.4, -0.2) is 41.6 Å². The lowest BCUT2D eigenvalue weighted by molar-refractivity contribution is -0.152. The lowest BCUT2D eigenvalue weighted by Crippen LogP contribution is -2.26. The molecule has 0 fully saturated rings. The van der Waals surface area contributed by atoms with Crippen molar-refractivity contribution < 1.29 is 24.2 Å². The van der Waals surface area contributed by atoms with Crippen molar-refractivity contribution in [3.05, 3.63) is 82.9 Å². The summed E-state index contributed by atoms with van der Waals surface area (Å²) in [7, 11) is 0. The molecular formula is C34H44N2O5. The van der Waals surface area contributed by atoms with Crippen LogP contribution >= 0.6 is 0 Å². The van der Waals surface area contributed by atoms with Gasteiger partial charge in [-0.25, -0.2) is 4.79 Å². The summed E-state index contributed by atoms with van der Waals surface area (Å²) in [6, 6.07) is 19.4. The molecule has 3 aromatic rings. The first-order valence-corrected chi connectivity index (χ1v) is 14.7. The molecule has 1 amide bonds. The molecule has 0 radical (unpaired) electrons. The van der Waals surface area contributed by atoms with Crippen molar-refractivity contribution in [1.29, 1.82) is 0 Å². The highest BCUT2D eigenvalue weighted by Crippen LogP contribution is 2.34. The van der Waals surface area contributed by atoms with Crippen LogP contribution in [0.15, 0.2) is 60.7 Å². The quantitative estimate of drug-likeness (QED) is 0.115. The number of anilines is 1. The average Bonchev–Trinajstić information content (AvgIpc) is 2.95. The van der Waals surface area contributed by atoms with Crippen LogP contribution in [-0.2, 0) is 27.3 Å². The van der Waals surface area contributed by atoms with Crippen molar-refractivity contribution >= 4 is 17.6 Å². The maximum Gasteiger partial charge on any atom is 0.397 e. The highest BCUT2D eigenvalue weighted by molar-refractivity contribution is 6.37. The Bertz CT molecular complexity index is 1250. The van der Waals surface area contributed by atoms with Crippen molar-refractivity contribution in [2.24, 2.45) is 0 Å². The molecule has 41 heavy (non-hydrogen) atoms. The first-order chi connectivity index (χ1) is 19.8. The molecule has 0 aliphatic rings. The highest BCUT2D eigenvalue weighted by Gasteiger charge is 2.17. The number of hydrogen-bond donors (Lipinski definition) is 2. The molecule has 0 saturated carbocycles. The third-order valence-corrected chi connectivity index (χ3v) is 6.95. The molecule has 0 aliphatic carbocycles. The predicted molar refractivity (Wildman–Crippen MR) is 164 cm³/mol. The Kier molecular flexibility index (Phi) is 12.7. The third-order valence-electron chi connectivity index (χ3n) is 6.95. The number of nitrogens with one attached hydrogen (secondary N) is 1. The van der Waals surface area contributed by atoms with E-state index in [0.29, 0.717) is 23.7 Å². The number of nitrogens with zero attached hydrogens (tertiary/aromatic N) is 1. The molecular weight excluding hydrogens is 516 g/mol. The molecule has 220 valence electrons. The van der Waals surface area contributed by atoms with Gasteiger partial charge in [0, 0.05) is 17.8 Å². The SMILES string of the molecule is CCCCCCN(CCCc1ccccc1)Cc1cc(Oc2c(C)cc(NC(=O)C(=O)OCC)cc2C)ccc1O. The van der Waals surface area contributed by atoms with E-state index in [1.165, 1.54) is 24.8 Å². The van der Waals surface area contributed by atoms with Gasteiger partial charge in [-0.2, -0.15) is 0 Å². The molecule has 0 heterocycles. The minimum atomic E-state index is -0.917. The summed E-state index contributed by atoms with van der Waals surface area (Å²) in [6.07, 6.45) is 6.84. The number of phenols is 1. The second-order valence-electron chi connectivity index (χ2n) is 10.4. The van der Waals surface area contributed by atoms with Gasteiger partial charge in [-0.15, -0.1) is 0 Å². The second-order valence-corrected chi connectivity index (χ2v) is 10.4. The molecule has 7 heteroatoms. The summed E-state index contributed by atoms with van der Waals surface area (Å²) in [4.78, 5) is 26.2. The van der Waals surface area contributed by atoms with Crippen LogP contribution in [0, 0.1) is 13.8 Å². The van der Waals surface area contributed by atoms with E-state index in [4.69, 9.17) is 9.47 Å². The zero-order valence-electron chi connectivity index (χ0n) is 24.9. The summed E-state index contributed by atoms with van der Waals surface area (Å²) in [6.45, 7) is 10.3. The Labute approximate surface area is 244 Å². The van der Waals surface area contributed by atoms with Gasteiger partial charge in [0.15, 0.2) is 0 Å². The number of phenolic OH excluding ortho intramolecular Hbond substituents is 1. The lowest BCUT2D eigenvalue weighted by Gasteiger charge is -2.23. The molecule has 2 N–H and O–H groups in total. The smallest absolute Gasteiger partial charge is 0.397 e. The fraction of sp³-hybridized carbons (Fsp3) is 0.412. The summed E-state index contributed by atoms with van der Waals surface area (Å²) >= 11 is 0. The molecule has 0 bridgehead atoms. The van der Waals surface area contributed by atoms with Gasteiger partial charge in [0.05, 0.1) is 6.61 Å². The number of ether oxygens (including phenoxy) is 2. The number of unbranched alkanes of at least 4 members (excludes halogenated alkanes) is 3. The fourth-order valence-corrected chi connectivity index (χ4v) is 4.86. The van der Waals surface area contributed by atoms with Gasteiger partial charge in [-0.1, -0.05) is 56.5 Å². The van der Waals surface area contributed by atoms with Gasteiger partial charge in [-0.3, -0.25) is 9.69 Å². The maximum absolute atomic E-state index is 12.1. The van der Waals surface area contributed by atoms with E-state index >= 15 is 0 Å². The van der Waals surface area contributed by atoms with E-state index in [9.17, 15) is 14.7 Å². The number of benzene rings is 3. The zero-order chi connectivity index (χ0) is 29.6. The molecule has 3 aromatic carbocycles. The first kappa shape index (κ1) is 31.7. The van der Waals surface area contributed by atoms with Gasteiger partial charge in [0.25, 0.3) is 0 Å². The highest BCUT2D eigenvalue weighted by atomic mass is 16.5. The van der Waals surface area contributed by atoms with Crippen LogP contribution in [0.1, 0.15) is 68.2 Å². The third kappa shape index (κ3) is 10.3. The van der Waals surface area contributed by atoms with E-state index < -0.39 is 11.9 Å². The van der Waals surface area contributed by atoms with Crippen molar-refractivity contribution in [3.63, 3.8) is 0 Å². The number of amides is 1. The number of esters is 1. The molecule has 3 rings (SSSR count). The van der Waals surface area contributed by atoms with Crippen LogP contribution < -0.4 is 10.1 Å². The van der Waals surface area contributed by atoms with Crippen LogP contribution in [0.2, 0.25) is 0 Å². The van der Waals surface area contributed by atoms with Crippen molar-refractivity contribution in [3.8, 4) is 17.2 Å². The van der Waals surface area contributed by atoms with Gasteiger partial charge in [-0.05, 0) is 100 Å². The zero-order valence-corrected chi connectivity index (χ0v) is 24.9. The monoisotopic (exact) mass is 560 g/mol. The minimum Gasteiger partial charge on any atom is -0.508 e. The van der Waals surface area contributed by atoms with E-state index in [1.54, 1.807) is 31.2 Å². The van der Waals surface area contributed by atoms with E-state index in [2.05, 4.69) is 41.4 Å². The fourth-order valence-electron chi connectivity index (χ4n) is 4.86. The van der Waals surface area contributed by atoms with E-state index in [0.717, 1.165) is 49.0 Å². The summed E-state index contributed by atoms with van der Waals surface area (Å²) in [5, 5.41) is 13.3. The van der Waals surface area contributed by atoms with Crippen LogP contribution in [0.4, 0.5) is 5.69 Å².